The van der Waals surface area contributed by atoms with E-state index in [9.17, 15) is 0 Å². The number of nitrogens with zero attached hydrogens (tertiary/aromatic N) is 2. The third-order valence-electron chi connectivity index (χ3n) is 5.55. The van der Waals surface area contributed by atoms with Crippen LogP contribution in [-0.2, 0) is 24.2 Å². The molecule has 1 fully saturated rings. The molecule has 5 heteroatoms. The largest absolute Gasteiger partial charge is 0.497 e. The predicted octanol–water partition coefficient (Wildman–Crippen LogP) is 4.25. The number of rotatable bonds is 8. The average Bonchev–Trinajstić information content (AvgIpc) is 3.38. The monoisotopic (exact) mass is 392 g/mol. The second-order valence-corrected chi connectivity index (χ2v) is 7.74. The zero-order valence-corrected chi connectivity index (χ0v) is 17.1. The Hall–Kier alpha value is -2.63. The fraction of sp³-hybridized carbons (Fsp3) is 0.375. The minimum atomic E-state index is 0.322. The van der Waals surface area contributed by atoms with Crippen LogP contribution in [0.2, 0.25) is 0 Å². The summed E-state index contributed by atoms with van der Waals surface area (Å²) >= 11 is 0. The van der Waals surface area contributed by atoms with Crippen LogP contribution in [0.5, 0.6) is 5.75 Å². The zero-order valence-electron chi connectivity index (χ0n) is 17.1. The molecule has 3 aromatic rings. The Kier molecular flexibility index (Phi) is 6.27. The van der Waals surface area contributed by atoms with E-state index in [0.717, 1.165) is 49.9 Å². The molecule has 0 N–H and O–H groups in total. The predicted molar refractivity (Wildman–Crippen MR) is 112 cm³/mol. The highest BCUT2D eigenvalue weighted by Gasteiger charge is 2.34. The molecule has 2 aromatic carbocycles. The van der Waals surface area contributed by atoms with Crippen molar-refractivity contribution in [1.82, 2.24) is 10.1 Å². The number of hydrogen-bond acceptors (Lipinski definition) is 5. The molecule has 0 spiro atoms. The first-order chi connectivity index (χ1) is 14.2. The van der Waals surface area contributed by atoms with Crippen LogP contribution < -0.4 is 4.74 Å². The van der Waals surface area contributed by atoms with E-state index in [1.807, 2.05) is 25.1 Å². The molecule has 4 rings (SSSR count). The van der Waals surface area contributed by atoms with E-state index in [2.05, 4.69) is 52.5 Å². The van der Waals surface area contributed by atoms with Gasteiger partial charge in [0.05, 0.1) is 26.0 Å². The van der Waals surface area contributed by atoms with Gasteiger partial charge in [-0.2, -0.15) is 0 Å². The molecule has 5 nitrogen and oxygen atoms in total. The molecule has 1 aliphatic rings. The van der Waals surface area contributed by atoms with Crippen LogP contribution in [0.25, 0.3) is 0 Å². The van der Waals surface area contributed by atoms with Gasteiger partial charge in [0.15, 0.2) is 0 Å². The Bertz CT molecular complexity index is 892. The molecule has 1 saturated heterocycles. The maximum Gasteiger partial charge on any atom is 0.137 e. The second kappa shape index (κ2) is 9.25. The standard InChI is InChI=1S/C24H28N2O3/c1-18-12-23(29-25-18)13-21-16-28-17-24(21)26(14-19-6-4-3-5-7-19)15-20-8-10-22(27-2)11-9-20/h3-12,21,24H,13-17H2,1-2H3/t21-,24-/m1/s1. The lowest BCUT2D eigenvalue weighted by Gasteiger charge is -2.32. The van der Waals surface area contributed by atoms with Gasteiger partial charge >= 0.3 is 0 Å². The van der Waals surface area contributed by atoms with Gasteiger partial charge in [0.25, 0.3) is 0 Å². The first-order valence-corrected chi connectivity index (χ1v) is 10.1. The second-order valence-electron chi connectivity index (χ2n) is 7.74. The lowest BCUT2D eigenvalue weighted by atomic mass is 9.95. The summed E-state index contributed by atoms with van der Waals surface area (Å²) in [5, 5.41) is 4.04. The van der Waals surface area contributed by atoms with Crippen LogP contribution in [0.1, 0.15) is 22.6 Å². The van der Waals surface area contributed by atoms with Crippen molar-refractivity contribution in [3.8, 4) is 5.75 Å². The highest BCUT2D eigenvalue weighted by Crippen LogP contribution is 2.27. The summed E-state index contributed by atoms with van der Waals surface area (Å²) in [6.45, 7) is 5.19. The van der Waals surface area contributed by atoms with Crippen molar-refractivity contribution in [3.63, 3.8) is 0 Å². The fourth-order valence-corrected chi connectivity index (χ4v) is 4.03. The molecule has 29 heavy (non-hydrogen) atoms. The molecular weight excluding hydrogens is 364 g/mol. The Morgan fingerprint density at radius 3 is 2.38 bits per heavy atom. The van der Waals surface area contributed by atoms with Gasteiger partial charge in [0.1, 0.15) is 11.5 Å². The average molecular weight is 392 g/mol. The maximum absolute atomic E-state index is 5.92. The minimum absolute atomic E-state index is 0.322. The number of aromatic nitrogens is 1. The quantitative estimate of drug-likeness (QED) is 0.573. The zero-order chi connectivity index (χ0) is 20.1. The van der Waals surface area contributed by atoms with Crippen LogP contribution in [0, 0.1) is 12.8 Å². The van der Waals surface area contributed by atoms with E-state index in [4.69, 9.17) is 14.0 Å². The van der Waals surface area contributed by atoms with E-state index < -0.39 is 0 Å². The molecule has 0 amide bonds. The smallest absolute Gasteiger partial charge is 0.137 e. The van der Waals surface area contributed by atoms with Crippen molar-refractivity contribution in [2.45, 2.75) is 32.5 Å². The highest BCUT2D eigenvalue weighted by atomic mass is 16.5. The topological polar surface area (TPSA) is 47.7 Å². The van der Waals surface area contributed by atoms with Crippen molar-refractivity contribution in [2.75, 3.05) is 20.3 Å². The molecule has 0 radical (unpaired) electrons. The van der Waals surface area contributed by atoms with Crippen LogP contribution in [0.15, 0.2) is 65.2 Å². The molecule has 152 valence electrons. The van der Waals surface area contributed by atoms with Crippen molar-refractivity contribution < 1.29 is 14.0 Å². The van der Waals surface area contributed by atoms with Gasteiger partial charge in [-0.1, -0.05) is 47.6 Å². The van der Waals surface area contributed by atoms with Gasteiger partial charge < -0.3 is 14.0 Å². The van der Waals surface area contributed by atoms with Crippen molar-refractivity contribution in [3.05, 3.63) is 83.2 Å². The molecule has 1 aromatic heterocycles. The maximum atomic E-state index is 5.92. The summed E-state index contributed by atoms with van der Waals surface area (Å²) in [5.41, 5.74) is 3.50. The number of methoxy groups -OCH3 is 1. The van der Waals surface area contributed by atoms with E-state index in [1.165, 1.54) is 11.1 Å². The first kappa shape index (κ1) is 19.7. The third kappa shape index (κ3) is 5.05. The van der Waals surface area contributed by atoms with Gasteiger partial charge in [-0.25, -0.2) is 0 Å². The molecule has 1 aliphatic heterocycles. The van der Waals surface area contributed by atoms with Gasteiger partial charge in [-0.3, -0.25) is 4.90 Å². The summed E-state index contributed by atoms with van der Waals surface area (Å²) in [6, 6.07) is 21.3. The lowest BCUT2D eigenvalue weighted by Crippen LogP contribution is -2.40. The van der Waals surface area contributed by atoms with Crippen LogP contribution in [0.3, 0.4) is 0 Å². The lowest BCUT2D eigenvalue weighted by molar-refractivity contribution is 0.127. The highest BCUT2D eigenvalue weighted by molar-refractivity contribution is 5.27. The summed E-state index contributed by atoms with van der Waals surface area (Å²) in [5.74, 6) is 2.20. The summed E-state index contributed by atoms with van der Waals surface area (Å²) in [6.07, 6.45) is 0.847. The number of aryl methyl sites for hydroxylation is 1. The number of benzene rings is 2. The summed E-state index contributed by atoms with van der Waals surface area (Å²) < 4.78 is 16.7. The number of ether oxygens (including phenoxy) is 2. The van der Waals surface area contributed by atoms with E-state index in [-0.39, 0.29) is 0 Å². The van der Waals surface area contributed by atoms with Crippen molar-refractivity contribution in [2.24, 2.45) is 5.92 Å². The Labute approximate surface area is 172 Å². The molecular formula is C24H28N2O3. The van der Waals surface area contributed by atoms with Gasteiger partial charge in [0.2, 0.25) is 0 Å². The summed E-state index contributed by atoms with van der Waals surface area (Å²) in [4.78, 5) is 2.53. The number of hydrogen-bond donors (Lipinski definition) is 0. The summed E-state index contributed by atoms with van der Waals surface area (Å²) in [7, 11) is 1.70. The van der Waals surface area contributed by atoms with Crippen LogP contribution in [0.4, 0.5) is 0 Å². The Morgan fingerprint density at radius 1 is 1.00 bits per heavy atom. The van der Waals surface area contributed by atoms with Crippen LogP contribution in [-0.4, -0.2) is 36.4 Å². The normalized spacial score (nSPS) is 19.0. The Balaban J connectivity index is 1.54. The Morgan fingerprint density at radius 2 is 1.72 bits per heavy atom. The van der Waals surface area contributed by atoms with Crippen molar-refractivity contribution >= 4 is 0 Å². The van der Waals surface area contributed by atoms with Gasteiger partial charge in [-0.05, 0) is 30.2 Å². The van der Waals surface area contributed by atoms with Gasteiger partial charge in [-0.15, -0.1) is 0 Å². The molecule has 0 bridgehead atoms. The van der Waals surface area contributed by atoms with Gasteiger partial charge in [0, 0.05) is 37.5 Å². The van der Waals surface area contributed by atoms with Crippen LogP contribution >= 0.6 is 0 Å². The molecule has 0 unspecified atom stereocenters. The molecule has 2 heterocycles. The SMILES string of the molecule is COc1ccc(CN(Cc2ccccc2)[C@@H]2COC[C@H]2Cc2cc(C)no2)cc1. The molecule has 0 aliphatic carbocycles. The fourth-order valence-electron chi connectivity index (χ4n) is 4.03. The first-order valence-electron chi connectivity index (χ1n) is 10.1. The van der Waals surface area contributed by atoms with E-state index in [1.54, 1.807) is 7.11 Å². The van der Waals surface area contributed by atoms with E-state index >= 15 is 0 Å². The van der Waals surface area contributed by atoms with Crippen molar-refractivity contribution in [1.29, 1.82) is 0 Å². The third-order valence-corrected chi connectivity index (χ3v) is 5.55. The molecule has 0 saturated carbocycles. The van der Waals surface area contributed by atoms with E-state index in [0.29, 0.717) is 12.0 Å². The molecule has 2 atom stereocenters. The minimum Gasteiger partial charge on any atom is -0.497 e.